The summed E-state index contributed by atoms with van der Waals surface area (Å²) < 4.78 is 5.44. The maximum absolute atomic E-state index is 12.6. The highest BCUT2D eigenvalue weighted by molar-refractivity contribution is 6.04. The third-order valence-corrected chi connectivity index (χ3v) is 5.43. The van der Waals surface area contributed by atoms with Crippen LogP contribution in [0.4, 0.5) is 0 Å². The number of rotatable bonds is 6. The summed E-state index contributed by atoms with van der Waals surface area (Å²) in [4.78, 5) is 24.2. The van der Waals surface area contributed by atoms with Crippen molar-refractivity contribution in [3.05, 3.63) is 59.7 Å². The molecule has 0 spiro atoms. The van der Waals surface area contributed by atoms with Gasteiger partial charge >= 0.3 is 11.9 Å². The van der Waals surface area contributed by atoms with Crippen molar-refractivity contribution in [2.45, 2.75) is 31.7 Å². The van der Waals surface area contributed by atoms with Crippen molar-refractivity contribution in [3.8, 4) is 11.1 Å². The van der Waals surface area contributed by atoms with Gasteiger partial charge < -0.3 is 15.6 Å². The SMILES string of the molecule is CC[C@H](C)[C@](N)(C(=O)O)C(=O)OCC1c2ccccc2-c2ccccc21. The normalized spacial score (nSPS) is 16.3. The Hall–Kier alpha value is -2.66. The van der Waals surface area contributed by atoms with Crippen LogP contribution in [0.5, 0.6) is 0 Å². The minimum absolute atomic E-state index is 0.0650. The van der Waals surface area contributed by atoms with Gasteiger partial charge in [0.15, 0.2) is 0 Å². The topological polar surface area (TPSA) is 89.6 Å². The van der Waals surface area contributed by atoms with Crippen LogP contribution in [0.3, 0.4) is 0 Å². The molecule has 0 amide bonds. The van der Waals surface area contributed by atoms with Crippen LogP contribution >= 0.6 is 0 Å². The Labute approximate surface area is 152 Å². The van der Waals surface area contributed by atoms with E-state index in [1.54, 1.807) is 13.8 Å². The number of benzene rings is 2. The molecular weight excluding hydrogens is 330 g/mol. The van der Waals surface area contributed by atoms with Gasteiger partial charge in [0.1, 0.15) is 6.61 Å². The van der Waals surface area contributed by atoms with E-state index in [2.05, 4.69) is 0 Å². The molecule has 0 aliphatic heterocycles. The summed E-state index contributed by atoms with van der Waals surface area (Å²) in [5.41, 5.74) is 8.28. The second-order valence-electron chi connectivity index (χ2n) is 6.81. The first-order valence-corrected chi connectivity index (χ1v) is 8.79. The number of carboxylic acid groups (broad SMARTS) is 1. The molecule has 2 aromatic rings. The van der Waals surface area contributed by atoms with E-state index in [-0.39, 0.29) is 12.5 Å². The highest BCUT2D eigenvalue weighted by Crippen LogP contribution is 2.44. The van der Waals surface area contributed by atoms with Crippen molar-refractivity contribution in [1.29, 1.82) is 0 Å². The summed E-state index contributed by atoms with van der Waals surface area (Å²) in [5.74, 6) is -2.90. The summed E-state index contributed by atoms with van der Waals surface area (Å²) in [7, 11) is 0. The van der Waals surface area contributed by atoms with Crippen LogP contribution in [-0.2, 0) is 14.3 Å². The van der Waals surface area contributed by atoms with Crippen LogP contribution in [0.25, 0.3) is 11.1 Å². The first kappa shape index (κ1) is 18.1. The van der Waals surface area contributed by atoms with Crippen molar-refractivity contribution in [2.75, 3.05) is 6.61 Å². The smallest absolute Gasteiger partial charge is 0.338 e. The first-order chi connectivity index (χ1) is 12.4. The number of fused-ring (bicyclic) bond motifs is 3. The van der Waals surface area contributed by atoms with Crippen LogP contribution < -0.4 is 5.73 Å². The molecule has 3 N–H and O–H groups in total. The van der Waals surface area contributed by atoms with E-state index in [0.29, 0.717) is 6.42 Å². The molecule has 0 fully saturated rings. The summed E-state index contributed by atoms with van der Waals surface area (Å²) in [6, 6.07) is 15.9. The zero-order valence-corrected chi connectivity index (χ0v) is 14.9. The van der Waals surface area contributed by atoms with Gasteiger partial charge in [-0.1, -0.05) is 68.8 Å². The van der Waals surface area contributed by atoms with Gasteiger partial charge in [0.25, 0.3) is 0 Å². The maximum atomic E-state index is 12.6. The molecule has 0 saturated carbocycles. The molecule has 0 aromatic heterocycles. The summed E-state index contributed by atoms with van der Waals surface area (Å²) in [5, 5.41) is 9.49. The van der Waals surface area contributed by atoms with Gasteiger partial charge in [-0.3, -0.25) is 0 Å². The fourth-order valence-corrected chi connectivity index (χ4v) is 3.54. The Balaban J connectivity index is 1.86. The Morgan fingerprint density at radius 1 is 1.12 bits per heavy atom. The molecule has 0 radical (unpaired) electrons. The molecule has 1 aliphatic rings. The van der Waals surface area contributed by atoms with Crippen LogP contribution in [0.15, 0.2) is 48.5 Å². The van der Waals surface area contributed by atoms with Gasteiger partial charge in [-0.05, 0) is 28.2 Å². The maximum Gasteiger partial charge on any atom is 0.338 e. The average Bonchev–Trinajstić information content (AvgIpc) is 2.98. The number of hydrogen-bond donors (Lipinski definition) is 2. The molecule has 26 heavy (non-hydrogen) atoms. The van der Waals surface area contributed by atoms with E-state index in [9.17, 15) is 14.7 Å². The number of carboxylic acids is 1. The molecular formula is C21H23NO4. The molecule has 2 atom stereocenters. The standard InChI is InChI=1S/C21H23NO4/c1-3-13(2)21(22,19(23)24)20(25)26-12-18-16-10-6-4-8-14(16)15-9-5-7-11-17(15)18/h4-11,13,18H,3,12,22H2,1-2H3,(H,23,24)/t13-,21-/m0/s1. The van der Waals surface area contributed by atoms with Crippen LogP contribution in [0.2, 0.25) is 0 Å². The minimum atomic E-state index is -2.04. The van der Waals surface area contributed by atoms with Crippen LogP contribution in [0, 0.1) is 5.92 Å². The Morgan fingerprint density at radius 3 is 2.08 bits per heavy atom. The number of ether oxygens (including phenoxy) is 1. The zero-order valence-electron chi connectivity index (χ0n) is 14.9. The summed E-state index contributed by atoms with van der Waals surface area (Å²) >= 11 is 0. The molecule has 0 heterocycles. The van der Waals surface area contributed by atoms with Gasteiger partial charge in [0.05, 0.1) is 0 Å². The van der Waals surface area contributed by atoms with E-state index in [1.807, 2.05) is 48.5 Å². The molecule has 5 heteroatoms. The second kappa shape index (κ2) is 6.92. The molecule has 0 saturated heterocycles. The number of carbonyl (C=O) groups excluding carboxylic acids is 1. The number of esters is 1. The summed E-state index contributed by atoms with van der Waals surface area (Å²) in [6.45, 7) is 3.51. The summed E-state index contributed by atoms with van der Waals surface area (Å²) in [6.07, 6.45) is 0.465. The van der Waals surface area contributed by atoms with E-state index < -0.39 is 23.4 Å². The lowest BCUT2D eigenvalue weighted by atomic mass is 9.84. The second-order valence-corrected chi connectivity index (χ2v) is 6.81. The number of hydrogen-bond acceptors (Lipinski definition) is 4. The number of aliphatic carboxylic acids is 1. The molecule has 5 nitrogen and oxygen atoms in total. The predicted octanol–water partition coefficient (Wildman–Crippen LogP) is 3.17. The minimum Gasteiger partial charge on any atom is -0.479 e. The highest BCUT2D eigenvalue weighted by atomic mass is 16.5. The van der Waals surface area contributed by atoms with Crippen molar-refractivity contribution in [3.63, 3.8) is 0 Å². The molecule has 2 aromatic carbocycles. The Kier molecular flexibility index (Phi) is 4.83. The molecule has 1 aliphatic carbocycles. The highest BCUT2D eigenvalue weighted by Gasteiger charge is 2.48. The van der Waals surface area contributed by atoms with E-state index in [4.69, 9.17) is 10.5 Å². The third-order valence-electron chi connectivity index (χ3n) is 5.43. The third kappa shape index (κ3) is 2.78. The fraction of sp³-hybridized carbons (Fsp3) is 0.333. The zero-order chi connectivity index (χ0) is 18.9. The monoisotopic (exact) mass is 353 g/mol. The number of carbonyl (C=O) groups is 2. The fourth-order valence-electron chi connectivity index (χ4n) is 3.54. The quantitative estimate of drug-likeness (QED) is 0.615. The molecule has 0 unspecified atom stereocenters. The van der Waals surface area contributed by atoms with Gasteiger partial charge in [-0.15, -0.1) is 0 Å². The van der Waals surface area contributed by atoms with Crippen molar-refractivity contribution in [2.24, 2.45) is 11.7 Å². The molecule has 136 valence electrons. The first-order valence-electron chi connectivity index (χ1n) is 8.79. The van der Waals surface area contributed by atoms with Crippen molar-refractivity contribution >= 4 is 11.9 Å². The van der Waals surface area contributed by atoms with Crippen LogP contribution in [0.1, 0.15) is 37.3 Å². The molecule has 0 bridgehead atoms. The van der Waals surface area contributed by atoms with Crippen molar-refractivity contribution < 1.29 is 19.4 Å². The van der Waals surface area contributed by atoms with E-state index in [0.717, 1.165) is 22.3 Å². The van der Waals surface area contributed by atoms with E-state index in [1.165, 1.54) is 0 Å². The lowest BCUT2D eigenvalue weighted by Crippen LogP contribution is -2.60. The largest absolute Gasteiger partial charge is 0.479 e. The van der Waals surface area contributed by atoms with Gasteiger partial charge in [-0.25, -0.2) is 9.59 Å². The van der Waals surface area contributed by atoms with E-state index >= 15 is 0 Å². The Morgan fingerprint density at radius 2 is 1.62 bits per heavy atom. The predicted molar refractivity (Wildman–Crippen MR) is 98.7 cm³/mol. The number of nitrogens with two attached hydrogens (primary N) is 1. The van der Waals surface area contributed by atoms with Gasteiger partial charge in [0, 0.05) is 5.92 Å². The Bertz CT molecular complexity index is 802. The average molecular weight is 353 g/mol. The lowest BCUT2D eigenvalue weighted by Gasteiger charge is -2.28. The van der Waals surface area contributed by atoms with Gasteiger partial charge in [-0.2, -0.15) is 0 Å². The lowest BCUT2D eigenvalue weighted by molar-refractivity contribution is -0.164. The van der Waals surface area contributed by atoms with Crippen molar-refractivity contribution in [1.82, 2.24) is 0 Å². The molecule has 3 rings (SSSR count). The van der Waals surface area contributed by atoms with Gasteiger partial charge in [0.2, 0.25) is 5.54 Å². The van der Waals surface area contributed by atoms with Crippen LogP contribution in [-0.4, -0.2) is 29.2 Å².